The lowest BCUT2D eigenvalue weighted by Gasteiger charge is -2.26. The second-order valence-corrected chi connectivity index (χ2v) is 11.4. The van der Waals surface area contributed by atoms with E-state index < -0.39 is 11.9 Å². The summed E-state index contributed by atoms with van der Waals surface area (Å²) >= 11 is 1.46. The fraction of sp³-hybridized carbons (Fsp3) is 0.414. The molecule has 0 bridgehead atoms. The molecule has 8 nitrogen and oxygen atoms in total. The molecule has 0 aliphatic heterocycles. The number of thiazole rings is 1. The van der Waals surface area contributed by atoms with E-state index in [2.05, 4.69) is 22.1 Å². The zero-order valence-corrected chi connectivity index (χ0v) is 22.2. The Bertz CT molecular complexity index is 1480. The van der Waals surface area contributed by atoms with E-state index in [1.54, 1.807) is 6.33 Å². The molecule has 0 radical (unpaired) electrons. The molecule has 38 heavy (non-hydrogen) atoms. The molecule has 9 heteroatoms. The van der Waals surface area contributed by atoms with Crippen LogP contribution in [-0.4, -0.2) is 42.5 Å². The third-order valence-corrected chi connectivity index (χ3v) is 8.64. The molecule has 196 valence electrons. The first-order chi connectivity index (χ1) is 18.5. The van der Waals surface area contributed by atoms with E-state index in [1.165, 1.54) is 24.2 Å². The van der Waals surface area contributed by atoms with E-state index in [-0.39, 0.29) is 18.4 Å². The van der Waals surface area contributed by atoms with Crippen LogP contribution < -0.4 is 4.90 Å². The number of rotatable bonds is 9. The summed E-state index contributed by atoms with van der Waals surface area (Å²) in [5, 5.41) is 12.2. The number of anilines is 1. The van der Waals surface area contributed by atoms with Gasteiger partial charge in [0, 0.05) is 41.7 Å². The molecule has 2 fully saturated rings. The summed E-state index contributed by atoms with van der Waals surface area (Å²) in [6, 6.07) is 10.3. The molecule has 2 saturated carbocycles. The van der Waals surface area contributed by atoms with Crippen molar-refractivity contribution in [2.24, 2.45) is 18.9 Å². The van der Waals surface area contributed by atoms with Gasteiger partial charge in [-0.15, -0.1) is 11.3 Å². The van der Waals surface area contributed by atoms with Crippen LogP contribution in [0.15, 0.2) is 48.2 Å². The van der Waals surface area contributed by atoms with Crippen molar-refractivity contribution in [1.29, 1.82) is 0 Å². The fourth-order valence-corrected chi connectivity index (χ4v) is 6.60. The van der Waals surface area contributed by atoms with Crippen LogP contribution in [0.1, 0.15) is 51.4 Å². The van der Waals surface area contributed by atoms with Crippen molar-refractivity contribution in [3.63, 3.8) is 0 Å². The molecule has 0 spiro atoms. The lowest BCUT2D eigenvalue weighted by molar-refractivity contribution is -0.141. The van der Waals surface area contributed by atoms with Crippen molar-refractivity contribution < 1.29 is 14.7 Å². The highest BCUT2D eigenvalue weighted by atomic mass is 32.1. The van der Waals surface area contributed by atoms with Gasteiger partial charge in [0.1, 0.15) is 0 Å². The van der Waals surface area contributed by atoms with Gasteiger partial charge >= 0.3 is 5.97 Å². The van der Waals surface area contributed by atoms with Gasteiger partial charge in [-0.05, 0) is 36.8 Å². The number of amides is 1. The van der Waals surface area contributed by atoms with Gasteiger partial charge < -0.3 is 9.67 Å². The first-order valence-corrected chi connectivity index (χ1v) is 14.2. The number of carbonyl (C=O) groups is 2. The molecule has 3 heterocycles. The summed E-state index contributed by atoms with van der Waals surface area (Å²) in [4.78, 5) is 41.1. The monoisotopic (exact) mass is 529 g/mol. The van der Waals surface area contributed by atoms with Crippen LogP contribution >= 0.6 is 11.3 Å². The highest BCUT2D eigenvalue weighted by Gasteiger charge is 2.40. The normalized spacial score (nSPS) is 16.7. The quantitative estimate of drug-likeness (QED) is 0.289. The van der Waals surface area contributed by atoms with E-state index in [9.17, 15) is 14.7 Å². The first-order valence-electron chi connectivity index (χ1n) is 13.3. The molecule has 4 aromatic rings. The lowest BCUT2D eigenvalue weighted by atomic mass is 9.90. The topological polar surface area (TPSA) is 101 Å². The van der Waals surface area contributed by atoms with Crippen LogP contribution in [0.5, 0.6) is 0 Å². The van der Waals surface area contributed by atoms with Gasteiger partial charge in [-0.25, -0.2) is 15.0 Å². The van der Waals surface area contributed by atoms with Crippen molar-refractivity contribution >= 4 is 39.5 Å². The van der Waals surface area contributed by atoms with E-state index in [4.69, 9.17) is 4.98 Å². The maximum atomic E-state index is 13.8. The Morgan fingerprint density at radius 2 is 1.89 bits per heavy atom. The molecule has 2 aliphatic rings. The number of fused-ring (bicyclic) bond motifs is 1. The molecule has 3 aromatic heterocycles. The zero-order chi connectivity index (χ0) is 26.2. The number of hydrogen-bond acceptors (Lipinski definition) is 6. The molecular formula is C29H31N5O3S. The number of benzene rings is 1. The Morgan fingerprint density at radius 1 is 1.13 bits per heavy atom. The molecule has 0 saturated heterocycles. The molecule has 1 atom stereocenters. The largest absolute Gasteiger partial charge is 0.481 e. The highest BCUT2D eigenvalue weighted by Crippen LogP contribution is 2.40. The number of carboxylic acids is 1. The lowest BCUT2D eigenvalue weighted by Crippen LogP contribution is -2.39. The second-order valence-electron chi connectivity index (χ2n) is 10.6. The minimum absolute atomic E-state index is 0.0816. The number of aromatic nitrogens is 4. The third kappa shape index (κ3) is 4.95. The molecule has 1 aromatic carbocycles. The van der Waals surface area contributed by atoms with E-state index >= 15 is 0 Å². The summed E-state index contributed by atoms with van der Waals surface area (Å²) in [5.41, 5.74) is 5.41. The minimum atomic E-state index is -0.912. The number of carboxylic acid groups (broad SMARTS) is 1. The van der Waals surface area contributed by atoms with Crippen molar-refractivity contribution in [1.82, 2.24) is 19.5 Å². The van der Waals surface area contributed by atoms with Gasteiger partial charge in [-0.2, -0.15) is 0 Å². The van der Waals surface area contributed by atoms with E-state index in [0.29, 0.717) is 23.1 Å². The van der Waals surface area contributed by atoms with Crippen LogP contribution in [-0.2, 0) is 16.6 Å². The number of hydrogen-bond donors (Lipinski definition) is 1. The number of nitrogens with zero attached hydrogens (tertiary/aromatic N) is 5. The van der Waals surface area contributed by atoms with Crippen LogP contribution in [0.2, 0.25) is 0 Å². The molecule has 0 unspecified atom stereocenters. The second kappa shape index (κ2) is 10.3. The maximum absolute atomic E-state index is 13.8. The highest BCUT2D eigenvalue weighted by molar-refractivity contribution is 7.14. The average Bonchev–Trinajstić information content (AvgIpc) is 3.27. The van der Waals surface area contributed by atoms with Gasteiger partial charge in [-0.1, -0.05) is 49.9 Å². The molecule has 6 rings (SSSR count). The van der Waals surface area contributed by atoms with Crippen LogP contribution in [0.3, 0.4) is 0 Å². The summed E-state index contributed by atoms with van der Waals surface area (Å²) in [5.74, 6) is -1.06. The Kier molecular flexibility index (Phi) is 6.69. The van der Waals surface area contributed by atoms with Gasteiger partial charge in [0.05, 0.1) is 24.0 Å². The smallest absolute Gasteiger partial charge is 0.304 e. The Balaban J connectivity index is 1.32. The minimum Gasteiger partial charge on any atom is -0.481 e. The molecule has 1 N–H and O–H groups in total. The van der Waals surface area contributed by atoms with Gasteiger partial charge in [0.2, 0.25) is 5.91 Å². The molecule has 2 aliphatic carbocycles. The summed E-state index contributed by atoms with van der Waals surface area (Å²) in [6.45, 7) is 0. The van der Waals surface area contributed by atoms with Crippen molar-refractivity contribution in [3.8, 4) is 22.4 Å². The maximum Gasteiger partial charge on any atom is 0.304 e. The Morgan fingerprint density at radius 3 is 2.63 bits per heavy atom. The zero-order valence-electron chi connectivity index (χ0n) is 21.4. The third-order valence-electron chi connectivity index (χ3n) is 7.80. The number of aliphatic carboxylic acids is 1. The number of carbonyl (C=O) groups excluding carboxylic acids is 1. The predicted octanol–water partition coefficient (Wildman–Crippen LogP) is 5.93. The van der Waals surface area contributed by atoms with E-state index in [0.717, 1.165) is 53.6 Å². The predicted molar refractivity (Wildman–Crippen MR) is 148 cm³/mol. The van der Waals surface area contributed by atoms with Crippen molar-refractivity contribution in [2.45, 2.75) is 57.4 Å². The first kappa shape index (κ1) is 24.7. The van der Waals surface area contributed by atoms with E-state index in [1.807, 2.05) is 46.3 Å². The summed E-state index contributed by atoms with van der Waals surface area (Å²) in [6.07, 6.45) is 10.5. The average molecular weight is 530 g/mol. The van der Waals surface area contributed by atoms with Gasteiger partial charge in [0.25, 0.3) is 0 Å². The number of pyridine rings is 1. The van der Waals surface area contributed by atoms with Crippen LogP contribution in [0.4, 0.5) is 5.13 Å². The van der Waals surface area contributed by atoms with Crippen molar-refractivity contribution in [2.75, 3.05) is 4.90 Å². The van der Waals surface area contributed by atoms with Crippen LogP contribution in [0, 0.1) is 11.8 Å². The van der Waals surface area contributed by atoms with Gasteiger partial charge in [-0.3, -0.25) is 14.5 Å². The Labute approximate surface area is 225 Å². The van der Waals surface area contributed by atoms with Gasteiger partial charge in [0.15, 0.2) is 10.8 Å². The number of imidazole rings is 1. The number of aryl methyl sites for hydroxylation is 1. The summed E-state index contributed by atoms with van der Waals surface area (Å²) < 4.78 is 1.95. The molecular weight excluding hydrogens is 498 g/mol. The summed E-state index contributed by atoms with van der Waals surface area (Å²) in [7, 11) is 1.95. The standard InChI is InChI=1S/C29H31N5O3S/c1-33-17-31-27-25(33)13-20(15-30-27)22-8-4-5-9-23(22)24-16-38-29(32-24)34(21-10-11-21)28(37)19(14-26(35)36)12-18-6-2-3-7-18/h4-5,8-9,13,15-19,21H,2-3,6-7,10-12,14H2,1H3,(H,35,36)/t19-/m1/s1. The SMILES string of the molecule is Cn1cnc2ncc(-c3ccccc3-c3csc(N(C(=O)[C@@H](CC(=O)O)CC4CCCC4)C4CC4)n3)cc21. The van der Waals surface area contributed by atoms with Crippen molar-refractivity contribution in [3.05, 3.63) is 48.2 Å². The Hall–Kier alpha value is -3.59. The van der Waals surface area contributed by atoms with Crippen LogP contribution in [0.25, 0.3) is 33.5 Å². The molecule has 1 amide bonds. The fourth-order valence-electron chi connectivity index (χ4n) is 5.70.